The van der Waals surface area contributed by atoms with E-state index in [0.29, 0.717) is 5.54 Å². The number of piperidine rings is 1. The highest BCUT2D eigenvalue weighted by molar-refractivity contribution is 5.01. The van der Waals surface area contributed by atoms with Crippen molar-refractivity contribution in [1.82, 2.24) is 9.80 Å². The molecule has 2 aliphatic heterocycles. The average Bonchev–Trinajstić information content (AvgIpc) is 2.34. The number of hydrogen-bond donors (Lipinski definition) is 0. The van der Waals surface area contributed by atoms with Gasteiger partial charge in [0, 0.05) is 30.7 Å². The zero-order valence-electron chi connectivity index (χ0n) is 11.6. The van der Waals surface area contributed by atoms with Gasteiger partial charge in [-0.15, -0.1) is 0 Å². The predicted octanol–water partition coefficient (Wildman–Crippen LogP) is 2.88. The van der Waals surface area contributed by atoms with E-state index in [1.807, 2.05) is 0 Å². The molecular formula is C15H28N2. The van der Waals surface area contributed by atoms with Crippen LogP contribution in [-0.4, -0.2) is 47.1 Å². The van der Waals surface area contributed by atoms with Gasteiger partial charge in [-0.25, -0.2) is 0 Å². The number of rotatable bonds is 2. The summed E-state index contributed by atoms with van der Waals surface area (Å²) >= 11 is 0. The van der Waals surface area contributed by atoms with Gasteiger partial charge in [-0.05, 0) is 52.0 Å². The average molecular weight is 236 g/mol. The van der Waals surface area contributed by atoms with E-state index in [2.05, 4.69) is 23.6 Å². The van der Waals surface area contributed by atoms with Gasteiger partial charge in [0.05, 0.1) is 0 Å². The molecule has 2 heteroatoms. The zero-order chi connectivity index (χ0) is 11.9. The maximum absolute atomic E-state index is 2.89. The second kappa shape index (κ2) is 4.55. The molecule has 1 aliphatic carbocycles. The Morgan fingerprint density at radius 1 is 1.12 bits per heavy atom. The lowest BCUT2D eigenvalue weighted by atomic mass is 9.75. The minimum Gasteiger partial charge on any atom is -0.298 e. The van der Waals surface area contributed by atoms with Gasteiger partial charge in [0.2, 0.25) is 0 Å². The van der Waals surface area contributed by atoms with E-state index in [0.717, 1.165) is 12.1 Å². The van der Waals surface area contributed by atoms with Crippen LogP contribution in [0, 0.1) is 0 Å². The molecule has 0 aromatic rings. The van der Waals surface area contributed by atoms with Gasteiger partial charge >= 0.3 is 0 Å². The molecule has 0 radical (unpaired) electrons. The van der Waals surface area contributed by atoms with Gasteiger partial charge in [-0.3, -0.25) is 9.80 Å². The first-order chi connectivity index (χ1) is 8.23. The highest BCUT2D eigenvalue weighted by Gasteiger charge is 2.45. The molecule has 2 heterocycles. The molecule has 98 valence electrons. The molecule has 0 bridgehead atoms. The summed E-state index contributed by atoms with van der Waals surface area (Å²) in [6.45, 7) is 8.96. The van der Waals surface area contributed by atoms with E-state index in [1.165, 1.54) is 64.6 Å². The van der Waals surface area contributed by atoms with Gasteiger partial charge in [0.25, 0.3) is 0 Å². The van der Waals surface area contributed by atoms with Gasteiger partial charge in [0.1, 0.15) is 0 Å². The van der Waals surface area contributed by atoms with E-state index in [4.69, 9.17) is 0 Å². The minimum absolute atomic E-state index is 0.560. The third-order valence-corrected chi connectivity index (χ3v) is 5.64. The summed E-state index contributed by atoms with van der Waals surface area (Å²) in [5, 5.41) is 0. The van der Waals surface area contributed by atoms with Crippen LogP contribution in [0.5, 0.6) is 0 Å². The number of hydrogen-bond acceptors (Lipinski definition) is 2. The van der Waals surface area contributed by atoms with Crippen molar-refractivity contribution in [3.05, 3.63) is 0 Å². The van der Waals surface area contributed by atoms with Crippen LogP contribution in [0.3, 0.4) is 0 Å². The van der Waals surface area contributed by atoms with Crippen LogP contribution in [0.4, 0.5) is 0 Å². The molecule has 2 atom stereocenters. The van der Waals surface area contributed by atoms with E-state index in [9.17, 15) is 0 Å². The van der Waals surface area contributed by atoms with E-state index >= 15 is 0 Å². The monoisotopic (exact) mass is 236 g/mol. The topological polar surface area (TPSA) is 6.48 Å². The van der Waals surface area contributed by atoms with Crippen LogP contribution in [0.25, 0.3) is 0 Å². The summed E-state index contributed by atoms with van der Waals surface area (Å²) in [7, 11) is 0. The number of piperazine rings is 1. The Morgan fingerprint density at radius 3 is 2.59 bits per heavy atom. The molecule has 0 aromatic heterocycles. The standard InChI is InChI=1S/C15H28N2/c1-3-13-11-16-10-5-4-7-14(16)12-17(13)15(2)8-6-9-15/h13-14H,3-12H2,1-2H3. The van der Waals surface area contributed by atoms with E-state index in [1.54, 1.807) is 0 Å². The first kappa shape index (κ1) is 12.0. The van der Waals surface area contributed by atoms with Gasteiger partial charge in [0.15, 0.2) is 0 Å². The summed E-state index contributed by atoms with van der Waals surface area (Å²) in [5.74, 6) is 0. The molecule has 3 fully saturated rings. The second-order valence-corrected chi connectivity index (χ2v) is 6.71. The lowest BCUT2D eigenvalue weighted by Crippen LogP contribution is -2.66. The molecular weight excluding hydrogens is 208 g/mol. The Labute approximate surface area is 106 Å². The Hall–Kier alpha value is -0.0800. The maximum atomic E-state index is 2.89. The van der Waals surface area contributed by atoms with Crippen LogP contribution in [0.2, 0.25) is 0 Å². The highest BCUT2D eigenvalue weighted by Crippen LogP contribution is 2.41. The fourth-order valence-corrected chi connectivity index (χ4v) is 4.24. The Kier molecular flexibility index (Phi) is 3.20. The fourth-order valence-electron chi connectivity index (χ4n) is 4.24. The van der Waals surface area contributed by atoms with Gasteiger partial charge in [-0.1, -0.05) is 13.3 Å². The number of fused-ring (bicyclic) bond motifs is 1. The van der Waals surface area contributed by atoms with Crippen molar-refractivity contribution in [3.8, 4) is 0 Å². The van der Waals surface area contributed by atoms with Crippen molar-refractivity contribution >= 4 is 0 Å². The molecule has 2 unspecified atom stereocenters. The largest absolute Gasteiger partial charge is 0.298 e. The van der Waals surface area contributed by atoms with Crippen LogP contribution in [0.1, 0.15) is 58.8 Å². The normalized spacial score (nSPS) is 38.5. The molecule has 2 saturated heterocycles. The Morgan fingerprint density at radius 2 is 1.94 bits per heavy atom. The van der Waals surface area contributed by atoms with Crippen LogP contribution in [0.15, 0.2) is 0 Å². The Balaban J connectivity index is 1.73. The summed E-state index contributed by atoms with van der Waals surface area (Å²) < 4.78 is 0. The number of nitrogens with zero attached hydrogens (tertiary/aromatic N) is 2. The minimum atomic E-state index is 0.560. The molecule has 17 heavy (non-hydrogen) atoms. The van der Waals surface area contributed by atoms with Crippen LogP contribution in [-0.2, 0) is 0 Å². The third kappa shape index (κ3) is 2.04. The molecule has 0 aromatic carbocycles. The quantitative estimate of drug-likeness (QED) is 0.727. The van der Waals surface area contributed by atoms with Crippen molar-refractivity contribution in [2.45, 2.75) is 76.4 Å². The maximum Gasteiger partial charge on any atom is 0.0226 e. The van der Waals surface area contributed by atoms with Gasteiger partial charge < -0.3 is 0 Å². The summed E-state index contributed by atoms with van der Waals surface area (Å²) in [6.07, 6.45) is 10.0. The van der Waals surface area contributed by atoms with Crippen molar-refractivity contribution in [2.24, 2.45) is 0 Å². The first-order valence-corrected chi connectivity index (χ1v) is 7.74. The van der Waals surface area contributed by atoms with Crippen molar-refractivity contribution in [1.29, 1.82) is 0 Å². The van der Waals surface area contributed by atoms with E-state index < -0.39 is 0 Å². The summed E-state index contributed by atoms with van der Waals surface area (Å²) in [6, 6.07) is 1.71. The van der Waals surface area contributed by atoms with Crippen molar-refractivity contribution < 1.29 is 0 Å². The van der Waals surface area contributed by atoms with Crippen molar-refractivity contribution in [3.63, 3.8) is 0 Å². The van der Waals surface area contributed by atoms with Gasteiger partial charge in [-0.2, -0.15) is 0 Å². The third-order valence-electron chi connectivity index (χ3n) is 5.64. The summed E-state index contributed by atoms with van der Waals surface area (Å²) in [5.41, 5.74) is 0.560. The highest BCUT2D eigenvalue weighted by atomic mass is 15.3. The summed E-state index contributed by atoms with van der Waals surface area (Å²) in [4.78, 5) is 5.68. The SMILES string of the molecule is CCC1CN2CCCCC2CN1C1(C)CCC1. The first-order valence-electron chi connectivity index (χ1n) is 7.74. The molecule has 0 spiro atoms. The van der Waals surface area contributed by atoms with Crippen molar-refractivity contribution in [2.75, 3.05) is 19.6 Å². The second-order valence-electron chi connectivity index (χ2n) is 6.71. The molecule has 1 saturated carbocycles. The fraction of sp³-hybridized carbons (Fsp3) is 1.00. The molecule has 0 amide bonds. The lowest BCUT2D eigenvalue weighted by molar-refractivity contribution is -0.0772. The zero-order valence-corrected chi connectivity index (χ0v) is 11.6. The molecule has 2 nitrogen and oxygen atoms in total. The molecule has 3 rings (SSSR count). The van der Waals surface area contributed by atoms with Crippen LogP contribution >= 0.6 is 0 Å². The predicted molar refractivity (Wildman–Crippen MR) is 72.3 cm³/mol. The van der Waals surface area contributed by atoms with E-state index in [-0.39, 0.29) is 0 Å². The molecule has 3 aliphatic rings. The molecule has 0 N–H and O–H groups in total. The lowest BCUT2D eigenvalue weighted by Gasteiger charge is -2.58. The van der Waals surface area contributed by atoms with Crippen LogP contribution < -0.4 is 0 Å². The smallest absolute Gasteiger partial charge is 0.0226 e. The Bertz CT molecular complexity index is 272.